The van der Waals surface area contributed by atoms with Gasteiger partial charge < -0.3 is 9.13 Å². The molecular formula is C78H48N18. The van der Waals surface area contributed by atoms with E-state index in [0.717, 1.165) is 88.7 Å². The molecule has 0 aliphatic carbocycles. The van der Waals surface area contributed by atoms with Gasteiger partial charge in [-0.2, -0.15) is 0 Å². The van der Waals surface area contributed by atoms with Gasteiger partial charge in [0.05, 0.1) is 66.2 Å². The number of benzene rings is 9. The normalized spacial score (nSPS) is 11.8. The minimum Gasteiger partial charge on any atom is -0.307 e. The van der Waals surface area contributed by atoms with Crippen molar-refractivity contribution in [3.05, 3.63) is 294 Å². The van der Waals surface area contributed by atoms with Crippen LogP contribution in [0.4, 0.5) is 0 Å². The molecule has 0 saturated heterocycles. The van der Waals surface area contributed by atoms with E-state index in [2.05, 4.69) is 269 Å². The second kappa shape index (κ2) is 22.0. The van der Waals surface area contributed by atoms with E-state index in [1.807, 2.05) is 61.2 Å². The van der Waals surface area contributed by atoms with Crippen molar-refractivity contribution < 1.29 is 0 Å². The average molecular weight is 1240 g/mol. The molecule has 0 unspecified atom stereocenters. The van der Waals surface area contributed by atoms with Crippen LogP contribution < -0.4 is 0 Å². The number of rotatable bonds is 6. The summed E-state index contributed by atoms with van der Waals surface area (Å²) < 4.78 is 13.4. The Labute approximate surface area is 543 Å². The Morgan fingerprint density at radius 3 is 0.708 bits per heavy atom. The largest absolute Gasteiger partial charge is 0.307 e. The summed E-state index contributed by atoms with van der Waals surface area (Å²) in [4.78, 5) is 51.9. The van der Waals surface area contributed by atoms with Crippen molar-refractivity contribution in [1.82, 2.24) is 87.2 Å². The highest BCUT2D eigenvalue weighted by molar-refractivity contribution is 6.26. The smallest absolute Gasteiger partial charge is 0.237 e. The van der Waals surface area contributed by atoms with Gasteiger partial charge >= 0.3 is 0 Å². The van der Waals surface area contributed by atoms with E-state index in [0.29, 0.717) is 11.9 Å². The molecule has 0 N–H and O–H groups in total. The minimum atomic E-state index is 0.561. The Morgan fingerprint density at radius 1 is 0.177 bits per heavy atom. The number of hydrogen-bond acceptors (Lipinski definition) is 12. The van der Waals surface area contributed by atoms with Crippen LogP contribution in [-0.2, 0) is 0 Å². The molecule has 0 aliphatic rings. The lowest BCUT2D eigenvalue weighted by molar-refractivity contribution is 0.928. The first-order valence-electron chi connectivity index (χ1n) is 31.2. The summed E-state index contributed by atoms with van der Waals surface area (Å²) in [5.74, 6) is 2.79. The van der Waals surface area contributed by atoms with Crippen LogP contribution in [0.5, 0.6) is 0 Å². The summed E-state index contributed by atoms with van der Waals surface area (Å²) >= 11 is 0. The molecule has 0 saturated carbocycles. The van der Waals surface area contributed by atoms with Crippen molar-refractivity contribution in [2.75, 3.05) is 0 Å². The van der Waals surface area contributed by atoms with Crippen LogP contribution in [0.3, 0.4) is 0 Å². The first kappa shape index (κ1) is 54.0. The van der Waals surface area contributed by atoms with E-state index < -0.39 is 0 Å². The summed E-state index contributed by atoms with van der Waals surface area (Å²) in [5.41, 5.74) is 15.4. The van der Waals surface area contributed by atoms with Gasteiger partial charge in [-0.1, -0.05) is 146 Å². The van der Waals surface area contributed by atoms with Crippen molar-refractivity contribution in [1.29, 1.82) is 0 Å². The molecule has 21 rings (SSSR count). The van der Waals surface area contributed by atoms with Crippen LogP contribution in [0, 0.1) is 0 Å². The molecular weight excluding hydrogens is 1190 g/mol. The molecule has 12 aromatic heterocycles. The minimum absolute atomic E-state index is 0.561. The lowest BCUT2D eigenvalue weighted by Crippen LogP contribution is -2.04. The number of aromatic nitrogens is 18. The molecule has 18 nitrogen and oxygen atoms in total. The maximum Gasteiger partial charge on any atom is 0.237 e. The first-order chi connectivity index (χ1) is 47.7. The van der Waals surface area contributed by atoms with Gasteiger partial charge in [-0.3, -0.25) is 28.2 Å². The van der Waals surface area contributed by atoms with Crippen molar-refractivity contribution in [2.24, 2.45) is 0 Å². The second-order valence-corrected chi connectivity index (χ2v) is 23.1. The highest BCUT2D eigenvalue weighted by Gasteiger charge is 2.26. The van der Waals surface area contributed by atoms with Gasteiger partial charge in [0.1, 0.15) is 49.6 Å². The molecule has 0 bridgehead atoms. The summed E-state index contributed by atoms with van der Waals surface area (Å²) in [6.07, 6.45) is 20.2. The lowest BCUT2D eigenvalue weighted by Gasteiger charge is -2.12. The second-order valence-electron chi connectivity index (χ2n) is 23.1. The Morgan fingerprint density at radius 2 is 0.417 bits per heavy atom. The van der Waals surface area contributed by atoms with Crippen LogP contribution in [0.15, 0.2) is 294 Å². The van der Waals surface area contributed by atoms with E-state index in [1.165, 1.54) is 90.5 Å². The van der Waals surface area contributed by atoms with Gasteiger partial charge in [-0.25, -0.2) is 49.8 Å². The van der Waals surface area contributed by atoms with Crippen LogP contribution in [0.2, 0.25) is 0 Å². The third-order valence-electron chi connectivity index (χ3n) is 18.2. The highest BCUT2D eigenvalue weighted by atomic mass is 15.2. The van der Waals surface area contributed by atoms with Crippen molar-refractivity contribution >= 4 is 131 Å². The Kier molecular flexibility index (Phi) is 12.4. The molecule has 0 aliphatic heterocycles. The molecule has 12 heterocycles. The molecule has 96 heavy (non-hydrogen) atoms. The summed E-state index contributed by atoms with van der Waals surface area (Å²) in [6.45, 7) is 0. The maximum atomic E-state index is 4.60. The highest BCUT2D eigenvalue weighted by Crippen LogP contribution is 2.45. The number of pyridine rings is 2. The molecule has 450 valence electrons. The fraction of sp³-hybridized carbons (Fsp3) is 0. The lowest BCUT2D eigenvalue weighted by atomic mass is 10.1. The number of para-hydroxylation sites is 6. The van der Waals surface area contributed by atoms with Crippen molar-refractivity contribution in [2.45, 2.75) is 0 Å². The number of hydrogen-bond donors (Lipinski definition) is 0. The molecule has 21 aromatic rings. The maximum absolute atomic E-state index is 4.60. The van der Waals surface area contributed by atoms with Gasteiger partial charge in [-0.15, -0.1) is 0 Å². The van der Waals surface area contributed by atoms with Gasteiger partial charge in [0.25, 0.3) is 0 Å². The molecule has 0 radical (unpaired) electrons. The standard InChI is InChI=1S/C28H18N4.C26H16N6.C24H14N8/c1-3-7-25-21(5-1)23-9-10-24-22-6-2-4-8-26(22)32(20-13-17-30-18-14-20)28(24)27(23)31(25)19-11-15-29-16-12-19;1-3-7-21-17(5-1)19-9-10-20-18-6-2-4-8-22(18)32(24-12-14-28-16-30-24)26(20)25(19)31(21)23-11-13-27-15-29-23;1-3-7-19-15(5-1)17-9-10-18-16-6-2-4-8-20(16)32(24-29-13-26-14-30-24)22(18)21(17)31(19)23-27-11-25-12-28-23/h1-18H;1-16H;1-14H. The predicted molar refractivity (Wildman–Crippen MR) is 379 cm³/mol. The molecule has 0 atom stereocenters. The fourth-order valence-electron chi connectivity index (χ4n) is 14.4. The van der Waals surface area contributed by atoms with Gasteiger partial charge in [0.15, 0.2) is 0 Å². The topological polar surface area (TPSA) is 184 Å². The molecule has 0 amide bonds. The summed E-state index contributed by atoms with van der Waals surface area (Å²) in [7, 11) is 0. The van der Waals surface area contributed by atoms with E-state index in [1.54, 1.807) is 25.0 Å². The van der Waals surface area contributed by atoms with E-state index >= 15 is 0 Å². The molecule has 9 aromatic carbocycles. The average Bonchev–Trinajstić information content (AvgIpc) is 1.56. The van der Waals surface area contributed by atoms with E-state index in [-0.39, 0.29) is 0 Å². The van der Waals surface area contributed by atoms with Crippen LogP contribution in [0.1, 0.15) is 0 Å². The molecule has 0 fully saturated rings. The van der Waals surface area contributed by atoms with Gasteiger partial charge in [-0.05, 0) is 72.8 Å². The monoisotopic (exact) mass is 1240 g/mol. The third-order valence-corrected chi connectivity index (χ3v) is 18.2. The first-order valence-corrected chi connectivity index (χ1v) is 31.2. The fourth-order valence-corrected chi connectivity index (χ4v) is 14.4. The Balaban J connectivity index is 0.000000102. The quantitative estimate of drug-likeness (QED) is 0.154. The number of fused-ring (bicyclic) bond motifs is 21. The predicted octanol–water partition coefficient (Wildman–Crippen LogP) is 16.4. The van der Waals surface area contributed by atoms with Crippen molar-refractivity contribution in [3.63, 3.8) is 0 Å². The molecule has 18 heteroatoms. The Bertz CT molecular complexity index is 5530. The number of nitrogens with zero attached hydrogens (tertiary/aromatic N) is 18. The SMILES string of the molecule is c1ccc2c(c1)c1ccc3c4ccccc4n(-c4ccncc4)c3c1n2-c1ccncc1.c1ccc2c(c1)c1ccc3c4ccccc4n(-c4ccncn4)c3c1n2-c1ccncn1.c1ccc2c(c1)c1ccc3c4ccccc4n(-c4ncncn4)c3c1n2-c1ncncn1. The summed E-state index contributed by atoms with van der Waals surface area (Å²) in [6, 6.07) is 76.2. The van der Waals surface area contributed by atoms with Crippen LogP contribution >= 0.6 is 0 Å². The van der Waals surface area contributed by atoms with Crippen molar-refractivity contribution in [3.8, 4) is 34.9 Å². The Hall–Kier alpha value is -13.7. The van der Waals surface area contributed by atoms with Crippen LogP contribution in [0.25, 0.3) is 166 Å². The zero-order valence-electron chi connectivity index (χ0n) is 50.8. The summed E-state index contributed by atoms with van der Waals surface area (Å²) in [5, 5.41) is 14.1. The van der Waals surface area contributed by atoms with E-state index in [4.69, 9.17) is 0 Å². The van der Waals surface area contributed by atoms with E-state index in [9.17, 15) is 0 Å². The molecule has 0 spiro atoms. The zero-order valence-corrected chi connectivity index (χ0v) is 50.8. The third kappa shape index (κ3) is 8.25. The van der Waals surface area contributed by atoms with Crippen LogP contribution in [-0.4, -0.2) is 87.2 Å². The van der Waals surface area contributed by atoms with Gasteiger partial charge in [0.2, 0.25) is 11.9 Å². The van der Waals surface area contributed by atoms with Gasteiger partial charge in [0, 0.05) is 113 Å². The zero-order chi connectivity index (χ0) is 63.2.